The number of rotatable bonds is 5. The van der Waals surface area contributed by atoms with E-state index in [1.165, 1.54) is 11.8 Å². The van der Waals surface area contributed by atoms with Gasteiger partial charge in [-0.25, -0.2) is 8.42 Å². The summed E-state index contributed by atoms with van der Waals surface area (Å²) in [5.41, 5.74) is 2.84. The Hall–Kier alpha value is -1.73. The standard InChI is InChI=1S/C25H24O3S3/c1-18-13-15-20(16-14-18)31(26,27)24(30-3)17-23(29-2)21-11-7-8-12-22(21)25(24,28-23)19-9-5-4-6-10-19/h4-16H,17H2,1-3H3/t23-,24-,25+/m1/s1. The Kier molecular flexibility index (Phi) is 4.87. The van der Waals surface area contributed by atoms with E-state index in [4.69, 9.17) is 4.74 Å². The SMILES string of the molecule is CS[C@@]1(S(=O)(=O)c2ccc(C)cc2)C[C@]2(SC)O[C@@]1(c1ccccc1)c1ccccc12. The number of ether oxygens (including phenoxy) is 1. The highest BCUT2D eigenvalue weighted by atomic mass is 32.3. The first-order valence-electron chi connectivity index (χ1n) is 10.1. The quantitative estimate of drug-likeness (QED) is 0.479. The first-order valence-corrected chi connectivity index (χ1v) is 14.1. The summed E-state index contributed by atoms with van der Waals surface area (Å²) in [4.78, 5) is -0.375. The fraction of sp³-hybridized carbons (Fsp3) is 0.280. The molecule has 6 heteroatoms. The molecule has 0 N–H and O–H groups in total. The molecule has 3 aromatic rings. The fourth-order valence-corrected chi connectivity index (χ4v) is 10.3. The van der Waals surface area contributed by atoms with Crippen molar-refractivity contribution in [2.45, 2.75) is 32.9 Å². The number of thioether (sulfide) groups is 2. The lowest BCUT2D eigenvalue weighted by atomic mass is 9.77. The van der Waals surface area contributed by atoms with Crippen LogP contribution in [0.4, 0.5) is 0 Å². The van der Waals surface area contributed by atoms with Crippen molar-refractivity contribution in [1.82, 2.24) is 0 Å². The van der Waals surface area contributed by atoms with Crippen LogP contribution in [0.3, 0.4) is 0 Å². The van der Waals surface area contributed by atoms with Gasteiger partial charge in [0.2, 0.25) is 0 Å². The highest BCUT2D eigenvalue weighted by molar-refractivity contribution is 8.14. The molecular formula is C25H24O3S3. The maximum Gasteiger partial charge on any atom is 0.197 e. The zero-order chi connectivity index (χ0) is 21.9. The molecule has 0 radical (unpaired) electrons. The number of fused-ring (bicyclic) bond motifs is 5. The zero-order valence-electron chi connectivity index (χ0n) is 17.7. The van der Waals surface area contributed by atoms with Crippen LogP contribution in [-0.4, -0.2) is 25.0 Å². The molecular weight excluding hydrogens is 444 g/mol. The van der Waals surface area contributed by atoms with Gasteiger partial charge < -0.3 is 4.74 Å². The highest BCUT2D eigenvalue weighted by Crippen LogP contribution is 2.73. The lowest BCUT2D eigenvalue weighted by Gasteiger charge is -2.44. The van der Waals surface area contributed by atoms with Gasteiger partial charge in [0.15, 0.2) is 19.5 Å². The lowest BCUT2D eigenvalue weighted by Crippen LogP contribution is -2.53. The van der Waals surface area contributed by atoms with Crippen LogP contribution in [-0.2, 0) is 25.1 Å². The van der Waals surface area contributed by atoms with E-state index in [2.05, 4.69) is 6.07 Å². The minimum atomic E-state index is -3.77. The van der Waals surface area contributed by atoms with E-state index in [1.54, 1.807) is 23.9 Å². The van der Waals surface area contributed by atoms with Crippen LogP contribution in [0.2, 0.25) is 0 Å². The van der Waals surface area contributed by atoms with Crippen molar-refractivity contribution < 1.29 is 13.2 Å². The van der Waals surface area contributed by atoms with Crippen molar-refractivity contribution in [3.8, 4) is 0 Å². The summed E-state index contributed by atoms with van der Waals surface area (Å²) >= 11 is 2.98. The van der Waals surface area contributed by atoms with Gasteiger partial charge in [-0.3, -0.25) is 0 Å². The van der Waals surface area contributed by atoms with Gasteiger partial charge in [0.1, 0.15) is 4.93 Å². The van der Waals surface area contributed by atoms with Crippen LogP contribution in [0.25, 0.3) is 0 Å². The molecule has 0 spiro atoms. The Labute approximate surface area is 192 Å². The summed E-state index contributed by atoms with van der Waals surface area (Å²) in [6.07, 6.45) is 4.29. The van der Waals surface area contributed by atoms with Gasteiger partial charge in [-0.15, -0.1) is 23.5 Å². The van der Waals surface area contributed by atoms with Crippen LogP contribution in [0.15, 0.2) is 83.8 Å². The van der Waals surface area contributed by atoms with E-state index in [-0.39, 0.29) is 0 Å². The van der Waals surface area contributed by atoms with Crippen LogP contribution < -0.4 is 0 Å². The predicted octanol–water partition coefficient (Wildman–Crippen LogP) is 5.72. The third-order valence-electron chi connectivity index (χ3n) is 6.64. The van der Waals surface area contributed by atoms with E-state index in [0.29, 0.717) is 11.3 Å². The van der Waals surface area contributed by atoms with Crippen molar-refractivity contribution in [3.05, 3.63) is 101 Å². The molecule has 3 atom stereocenters. The minimum Gasteiger partial charge on any atom is -0.341 e. The van der Waals surface area contributed by atoms with Crippen molar-refractivity contribution >= 4 is 33.4 Å². The molecule has 1 saturated heterocycles. The van der Waals surface area contributed by atoms with Gasteiger partial charge in [0, 0.05) is 12.0 Å². The molecule has 3 aromatic carbocycles. The Morgan fingerprint density at radius 3 is 2.03 bits per heavy atom. The van der Waals surface area contributed by atoms with Gasteiger partial charge in [-0.05, 0) is 42.7 Å². The van der Waals surface area contributed by atoms with Gasteiger partial charge in [-0.2, -0.15) is 0 Å². The number of sulfone groups is 1. The number of hydrogen-bond donors (Lipinski definition) is 0. The van der Waals surface area contributed by atoms with E-state index in [0.717, 1.165) is 22.3 Å². The van der Waals surface area contributed by atoms with Crippen LogP contribution in [0, 0.1) is 6.92 Å². The lowest BCUT2D eigenvalue weighted by molar-refractivity contribution is -0.0124. The second-order valence-corrected chi connectivity index (χ2v) is 12.7. The molecule has 0 aliphatic carbocycles. The molecule has 5 rings (SSSR count). The molecule has 2 bridgehead atoms. The van der Waals surface area contributed by atoms with Gasteiger partial charge in [-0.1, -0.05) is 72.3 Å². The average molecular weight is 469 g/mol. The molecule has 3 nitrogen and oxygen atoms in total. The average Bonchev–Trinajstić information content (AvgIpc) is 3.29. The second kappa shape index (κ2) is 7.14. The molecule has 0 saturated carbocycles. The van der Waals surface area contributed by atoms with Crippen molar-refractivity contribution in [2.75, 3.05) is 12.5 Å². The first-order chi connectivity index (χ1) is 14.9. The minimum absolute atomic E-state index is 0.340. The van der Waals surface area contributed by atoms with Gasteiger partial charge in [0.05, 0.1) is 4.90 Å². The third kappa shape index (κ3) is 2.56. The normalized spacial score (nSPS) is 29.1. The molecule has 2 aliphatic heterocycles. The molecule has 31 heavy (non-hydrogen) atoms. The molecule has 0 amide bonds. The topological polar surface area (TPSA) is 43.4 Å². The van der Waals surface area contributed by atoms with E-state index in [9.17, 15) is 8.42 Å². The Balaban J connectivity index is 1.88. The molecule has 2 aliphatic rings. The Morgan fingerprint density at radius 2 is 1.42 bits per heavy atom. The van der Waals surface area contributed by atoms with Gasteiger partial charge in [0.25, 0.3) is 0 Å². The summed E-state index contributed by atoms with van der Waals surface area (Å²) in [7, 11) is -3.77. The molecule has 160 valence electrons. The summed E-state index contributed by atoms with van der Waals surface area (Å²) in [5, 5.41) is 0. The zero-order valence-corrected chi connectivity index (χ0v) is 20.1. The number of hydrogen-bond acceptors (Lipinski definition) is 5. The summed E-state index contributed by atoms with van der Waals surface area (Å²) in [6, 6.07) is 25.1. The Bertz CT molecular complexity index is 1240. The second-order valence-electron chi connectivity index (χ2n) is 8.10. The van der Waals surface area contributed by atoms with Gasteiger partial charge >= 0.3 is 0 Å². The predicted molar refractivity (Wildman–Crippen MR) is 129 cm³/mol. The van der Waals surface area contributed by atoms with E-state index in [1.807, 2.05) is 80.1 Å². The molecule has 0 unspecified atom stereocenters. The molecule has 2 heterocycles. The van der Waals surface area contributed by atoms with E-state index < -0.39 is 24.5 Å². The van der Waals surface area contributed by atoms with E-state index >= 15 is 0 Å². The van der Waals surface area contributed by atoms with Crippen LogP contribution in [0.5, 0.6) is 0 Å². The van der Waals surface area contributed by atoms with Crippen LogP contribution >= 0.6 is 23.5 Å². The highest BCUT2D eigenvalue weighted by Gasteiger charge is 2.77. The maximum atomic E-state index is 14.4. The van der Waals surface area contributed by atoms with Crippen LogP contribution in [0.1, 0.15) is 28.7 Å². The van der Waals surface area contributed by atoms with Crippen molar-refractivity contribution in [2.24, 2.45) is 0 Å². The Morgan fingerprint density at radius 1 is 0.806 bits per heavy atom. The molecule has 1 fully saturated rings. The first kappa shape index (κ1) is 21.1. The fourth-order valence-electron chi connectivity index (χ4n) is 5.17. The smallest absolute Gasteiger partial charge is 0.197 e. The number of aryl methyl sites for hydroxylation is 1. The number of benzene rings is 3. The monoisotopic (exact) mass is 468 g/mol. The molecule has 0 aromatic heterocycles. The maximum absolute atomic E-state index is 14.4. The summed E-state index contributed by atoms with van der Waals surface area (Å²) in [6.45, 7) is 1.96. The third-order valence-corrected chi connectivity index (χ3v) is 12.2. The van der Waals surface area contributed by atoms with Crippen molar-refractivity contribution in [1.29, 1.82) is 0 Å². The summed E-state index contributed by atoms with van der Waals surface area (Å²) < 4.78 is 34.6. The largest absolute Gasteiger partial charge is 0.341 e. The summed E-state index contributed by atoms with van der Waals surface area (Å²) in [5.74, 6) is 0. The van der Waals surface area contributed by atoms with Crippen molar-refractivity contribution in [3.63, 3.8) is 0 Å².